The summed E-state index contributed by atoms with van der Waals surface area (Å²) in [4.78, 5) is 11.9. The van der Waals surface area contributed by atoms with E-state index in [1.165, 1.54) is 31.9 Å². The molecule has 3 rings (SSSR count). The van der Waals surface area contributed by atoms with E-state index in [2.05, 4.69) is 40.7 Å². The minimum Gasteiger partial charge on any atom is -0.469 e. The van der Waals surface area contributed by atoms with Gasteiger partial charge >= 0.3 is 5.97 Å². The molecule has 1 saturated carbocycles. The highest BCUT2D eigenvalue weighted by molar-refractivity contribution is 5.70. The van der Waals surface area contributed by atoms with Crippen molar-refractivity contribution in [2.24, 2.45) is 16.7 Å². The number of rotatable bonds is 2. The van der Waals surface area contributed by atoms with Crippen LogP contribution in [0, 0.1) is 16.7 Å². The monoisotopic (exact) mass is 334 g/mol. The first-order chi connectivity index (χ1) is 11.1. The number of esters is 1. The van der Waals surface area contributed by atoms with E-state index in [-0.39, 0.29) is 17.0 Å². The summed E-state index contributed by atoms with van der Waals surface area (Å²) in [6.07, 6.45) is 9.67. The van der Waals surface area contributed by atoms with Crippen LogP contribution in [0.5, 0.6) is 0 Å². The Morgan fingerprint density at radius 3 is 2.58 bits per heavy atom. The summed E-state index contributed by atoms with van der Waals surface area (Å²) in [6.45, 7) is 11.7. The van der Waals surface area contributed by atoms with Crippen LogP contribution >= 0.6 is 0 Å². The van der Waals surface area contributed by atoms with Gasteiger partial charge in [-0.2, -0.15) is 0 Å². The second kappa shape index (κ2) is 5.59. The van der Waals surface area contributed by atoms with Crippen LogP contribution in [-0.4, -0.2) is 24.3 Å². The SMILES string of the molecule is COC(=O)C[C@@]1(C)CC[C@@]2(O1)C(C)=CC[C@H]1C(C)(C)CCC[C@@]12C. The Bertz CT molecular complexity index is 563. The molecule has 1 saturated heterocycles. The van der Waals surface area contributed by atoms with Crippen molar-refractivity contribution in [2.75, 3.05) is 7.11 Å². The summed E-state index contributed by atoms with van der Waals surface area (Å²) in [6, 6.07) is 0. The van der Waals surface area contributed by atoms with Gasteiger partial charge in [-0.1, -0.05) is 33.3 Å². The van der Waals surface area contributed by atoms with Gasteiger partial charge in [0.1, 0.15) is 0 Å². The van der Waals surface area contributed by atoms with E-state index in [1.807, 2.05) is 0 Å². The minimum absolute atomic E-state index is 0.154. The summed E-state index contributed by atoms with van der Waals surface area (Å²) in [5.74, 6) is 0.473. The van der Waals surface area contributed by atoms with Gasteiger partial charge in [0.05, 0.1) is 24.7 Å². The van der Waals surface area contributed by atoms with Crippen molar-refractivity contribution in [3.05, 3.63) is 11.6 Å². The smallest absolute Gasteiger partial charge is 0.308 e. The predicted octanol–water partition coefficient (Wildman–Crippen LogP) is 5.04. The second-order valence-electron chi connectivity index (χ2n) is 9.57. The van der Waals surface area contributed by atoms with E-state index < -0.39 is 5.60 Å². The van der Waals surface area contributed by atoms with E-state index in [9.17, 15) is 4.79 Å². The van der Waals surface area contributed by atoms with E-state index in [1.54, 1.807) is 0 Å². The van der Waals surface area contributed by atoms with Crippen molar-refractivity contribution in [2.45, 2.75) is 90.8 Å². The Balaban J connectivity index is 1.98. The lowest BCUT2D eigenvalue weighted by Gasteiger charge is -2.61. The molecule has 0 amide bonds. The van der Waals surface area contributed by atoms with E-state index in [0.717, 1.165) is 19.3 Å². The molecule has 1 aliphatic heterocycles. The molecule has 3 heteroatoms. The molecule has 136 valence electrons. The lowest BCUT2D eigenvalue weighted by atomic mass is 9.46. The van der Waals surface area contributed by atoms with Crippen molar-refractivity contribution in [1.82, 2.24) is 0 Å². The summed E-state index contributed by atoms with van der Waals surface area (Å²) >= 11 is 0. The Morgan fingerprint density at radius 2 is 1.92 bits per heavy atom. The standard InChI is InChI=1S/C21H34O3/c1-15-8-9-16-18(2,3)10-7-11-20(16,5)21(15)13-12-19(4,24-21)14-17(22)23-6/h8,16H,7,9-14H2,1-6H3/t16-,19+,20-,21+/m0/s1. The third-order valence-corrected chi connectivity index (χ3v) is 7.62. The van der Waals surface area contributed by atoms with Crippen LogP contribution in [0.3, 0.4) is 0 Å². The van der Waals surface area contributed by atoms with Crippen LogP contribution in [0.1, 0.15) is 79.6 Å². The van der Waals surface area contributed by atoms with Gasteiger partial charge in [0.2, 0.25) is 0 Å². The molecule has 0 unspecified atom stereocenters. The van der Waals surface area contributed by atoms with Gasteiger partial charge in [-0.05, 0) is 62.9 Å². The fraction of sp³-hybridized carbons (Fsp3) is 0.857. The van der Waals surface area contributed by atoms with Crippen LogP contribution in [0.15, 0.2) is 11.6 Å². The lowest BCUT2D eigenvalue weighted by Crippen LogP contribution is -2.59. The Hall–Kier alpha value is -0.830. The summed E-state index contributed by atoms with van der Waals surface area (Å²) < 4.78 is 11.8. The van der Waals surface area contributed by atoms with Gasteiger partial charge in [-0.15, -0.1) is 0 Å². The average molecular weight is 335 g/mol. The molecule has 0 bridgehead atoms. The maximum absolute atomic E-state index is 11.9. The van der Waals surface area contributed by atoms with Crippen molar-refractivity contribution in [3.8, 4) is 0 Å². The molecule has 0 aromatic rings. The Morgan fingerprint density at radius 1 is 1.21 bits per heavy atom. The van der Waals surface area contributed by atoms with Gasteiger partial charge in [0.15, 0.2) is 0 Å². The number of ether oxygens (including phenoxy) is 2. The lowest BCUT2D eigenvalue weighted by molar-refractivity contribution is -0.193. The van der Waals surface area contributed by atoms with Crippen LogP contribution in [-0.2, 0) is 14.3 Å². The molecule has 3 aliphatic rings. The largest absolute Gasteiger partial charge is 0.469 e. The highest BCUT2D eigenvalue weighted by Gasteiger charge is 2.64. The third-order valence-electron chi connectivity index (χ3n) is 7.62. The number of methoxy groups -OCH3 is 1. The van der Waals surface area contributed by atoms with Gasteiger partial charge < -0.3 is 9.47 Å². The third kappa shape index (κ3) is 2.46. The summed E-state index contributed by atoms with van der Waals surface area (Å²) in [5, 5.41) is 0. The molecular formula is C21H34O3. The predicted molar refractivity (Wildman–Crippen MR) is 95.7 cm³/mol. The maximum Gasteiger partial charge on any atom is 0.308 e. The number of allylic oxidation sites excluding steroid dienone is 1. The minimum atomic E-state index is -0.408. The molecule has 1 spiro atoms. The number of hydrogen-bond acceptors (Lipinski definition) is 3. The van der Waals surface area contributed by atoms with Crippen LogP contribution in [0.25, 0.3) is 0 Å². The Labute approximate surface area is 147 Å². The highest BCUT2D eigenvalue weighted by atomic mass is 16.5. The van der Waals surface area contributed by atoms with Gasteiger partial charge in [-0.3, -0.25) is 4.79 Å². The van der Waals surface area contributed by atoms with Crippen molar-refractivity contribution in [1.29, 1.82) is 0 Å². The number of hydrogen-bond donors (Lipinski definition) is 0. The van der Waals surface area contributed by atoms with Crippen molar-refractivity contribution >= 4 is 5.97 Å². The Kier molecular flexibility index (Phi) is 4.18. The van der Waals surface area contributed by atoms with E-state index in [0.29, 0.717) is 17.8 Å². The van der Waals surface area contributed by atoms with Crippen LogP contribution in [0.4, 0.5) is 0 Å². The number of carbonyl (C=O) groups excluding carboxylic acids is 1. The summed E-state index contributed by atoms with van der Waals surface area (Å²) in [7, 11) is 1.46. The average Bonchev–Trinajstić information content (AvgIpc) is 2.83. The molecule has 2 fully saturated rings. The molecular weight excluding hydrogens is 300 g/mol. The zero-order valence-corrected chi connectivity index (χ0v) is 16.3. The van der Waals surface area contributed by atoms with Gasteiger partial charge in [0.25, 0.3) is 0 Å². The topological polar surface area (TPSA) is 35.5 Å². The molecule has 0 aromatic carbocycles. The van der Waals surface area contributed by atoms with Crippen LogP contribution in [0.2, 0.25) is 0 Å². The molecule has 4 atom stereocenters. The molecule has 0 N–H and O–H groups in total. The second-order valence-corrected chi connectivity index (χ2v) is 9.57. The first kappa shape index (κ1) is 18.0. The molecule has 0 aromatic heterocycles. The zero-order chi connectivity index (χ0) is 17.8. The normalized spacial score (nSPS) is 44.1. The van der Waals surface area contributed by atoms with Crippen LogP contribution < -0.4 is 0 Å². The van der Waals surface area contributed by atoms with Gasteiger partial charge in [-0.25, -0.2) is 0 Å². The summed E-state index contributed by atoms with van der Waals surface area (Å²) in [5.41, 5.74) is 1.27. The van der Waals surface area contributed by atoms with E-state index >= 15 is 0 Å². The molecule has 1 heterocycles. The molecule has 0 radical (unpaired) electrons. The maximum atomic E-state index is 11.9. The molecule has 3 nitrogen and oxygen atoms in total. The fourth-order valence-electron chi connectivity index (χ4n) is 6.24. The fourth-order valence-corrected chi connectivity index (χ4v) is 6.24. The molecule has 2 aliphatic carbocycles. The van der Waals surface area contributed by atoms with Crippen molar-refractivity contribution < 1.29 is 14.3 Å². The zero-order valence-electron chi connectivity index (χ0n) is 16.3. The van der Waals surface area contributed by atoms with E-state index in [4.69, 9.17) is 9.47 Å². The quantitative estimate of drug-likeness (QED) is 0.524. The van der Waals surface area contributed by atoms with Gasteiger partial charge in [0, 0.05) is 5.41 Å². The number of fused-ring (bicyclic) bond motifs is 2. The number of carbonyl (C=O) groups is 1. The van der Waals surface area contributed by atoms with Crippen molar-refractivity contribution in [3.63, 3.8) is 0 Å². The first-order valence-electron chi connectivity index (χ1n) is 9.53. The first-order valence-corrected chi connectivity index (χ1v) is 9.53. The highest BCUT2D eigenvalue weighted by Crippen LogP contribution is 2.66. The molecule has 24 heavy (non-hydrogen) atoms.